The third-order valence-corrected chi connectivity index (χ3v) is 4.91. The van der Waals surface area contributed by atoms with Crippen molar-refractivity contribution in [3.63, 3.8) is 0 Å². The van der Waals surface area contributed by atoms with Crippen molar-refractivity contribution in [2.45, 2.75) is 0 Å². The van der Waals surface area contributed by atoms with Crippen LogP contribution in [0.1, 0.15) is 15.9 Å². The molecule has 0 aliphatic heterocycles. The van der Waals surface area contributed by atoms with Gasteiger partial charge in [0.2, 0.25) is 12.2 Å². The normalized spacial score (nSPS) is 10.2. The molecule has 1 heterocycles. The monoisotopic (exact) mass is 398 g/mol. The number of benzene rings is 2. The fourth-order valence-corrected chi connectivity index (χ4v) is 3.42. The average Bonchev–Trinajstić information content (AvgIpc) is 3.27. The molecule has 8 heteroatoms. The van der Waals surface area contributed by atoms with E-state index in [1.54, 1.807) is 36.5 Å². The van der Waals surface area contributed by atoms with Crippen LogP contribution in [0.15, 0.2) is 41.9 Å². The Morgan fingerprint density at radius 1 is 1.07 bits per heavy atom. The molecule has 3 rings (SSSR count). The zero-order valence-corrected chi connectivity index (χ0v) is 16.3. The minimum absolute atomic E-state index is 0.304. The fourth-order valence-electron chi connectivity index (χ4n) is 2.79. The molecule has 0 radical (unpaired) electrons. The van der Waals surface area contributed by atoms with Gasteiger partial charge in [-0.3, -0.25) is 9.59 Å². The Kier molecular flexibility index (Phi) is 5.90. The number of anilines is 1. The summed E-state index contributed by atoms with van der Waals surface area (Å²) < 4.78 is 16.0. The molecule has 0 spiro atoms. The van der Waals surface area contributed by atoms with E-state index in [1.807, 2.05) is 5.38 Å². The van der Waals surface area contributed by atoms with Gasteiger partial charge in [0.15, 0.2) is 17.3 Å². The van der Waals surface area contributed by atoms with Crippen molar-refractivity contribution in [2.75, 3.05) is 26.6 Å². The standard InChI is InChI=1S/C20H18N2O5S/c1-25-16-9-13(10-17(26-2)19(16)27-3)18(24)14-8-12(20-21-6-7-28-20)4-5-15(14)22-11-23/h4-11H,1-3H3,(H,22,23). The summed E-state index contributed by atoms with van der Waals surface area (Å²) in [7, 11) is 4.45. The smallest absolute Gasteiger partial charge is 0.211 e. The van der Waals surface area contributed by atoms with Crippen LogP contribution < -0.4 is 19.5 Å². The lowest BCUT2D eigenvalue weighted by Crippen LogP contribution is -2.08. The van der Waals surface area contributed by atoms with Gasteiger partial charge in [-0.1, -0.05) is 0 Å². The second-order valence-corrected chi connectivity index (χ2v) is 6.50. The maximum absolute atomic E-state index is 13.3. The molecule has 0 unspecified atom stereocenters. The van der Waals surface area contributed by atoms with Crippen LogP contribution in [0.5, 0.6) is 17.2 Å². The molecule has 1 N–H and O–H groups in total. The van der Waals surface area contributed by atoms with Crippen molar-refractivity contribution in [3.05, 3.63) is 53.0 Å². The van der Waals surface area contributed by atoms with Crippen LogP contribution in [0.4, 0.5) is 5.69 Å². The molecule has 2 aromatic carbocycles. The highest BCUT2D eigenvalue weighted by atomic mass is 32.1. The first-order valence-electron chi connectivity index (χ1n) is 8.21. The molecule has 28 heavy (non-hydrogen) atoms. The van der Waals surface area contributed by atoms with E-state index in [1.165, 1.54) is 32.7 Å². The number of carbonyl (C=O) groups excluding carboxylic acids is 2. The third kappa shape index (κ3) is 3.67. The number of rotatable bonds is 8. The average molecular weight is 398 g/mol. The zero-order valence-electron chi connectivity index (χ0n) is 15.5. The van der Waals surface area contributed by atoms with Gasteiger partial charge in [-0.15, -0.1) is 11.3 Å². The van der Waals surface area contributed by atoms with Crippen LogP contribution in [-0.4, -0.2) is 38.5 Å². The number of methoxy groups -OCH3 is 3. The summed E-state index contributed by atoms with van der Waals surface area (Å²) in [5, 5.41) is 5.20. The highest BCUT2D eigenvalue weighted by Crippen LogP contribution is 2.39. The molecule has 0 saturated heterocycles. The molecule has 1 amide bonds. The quantitative estimate of drug-likeness (QED) is 0.461. The molecule has 0 saturated carbocycles. The van der Waals surface area contributed by atoms with E-state index < -0.39 is 0 Å². The molecule has 7 nitrogen and oxygen atoms in total. The Morgan fingerprint density at radius 3 is 2.32 bits per heavy atom. The largest absolute Gasteiger partial charge is 0.493 e. The Bertz CT molecular complexity index is 977. The first kappa shape index (κ1) is 19.4. The Hall–Kier alpha value is -3.39. The minimum Gasteiger partial charge on any atom is -0.493 e. The number of ketones is 1. The summed E-state index contributed by atoms with van der Waals surface area (Å²) in [6, 6.07) is 8.33. The number of amides is 1. The van der Waals surface area contributed by atoms with Gasteiger partial charge in [-0.2, -0.15) is 0 Å². The summed E-state index contributed by atoms with van der Waals surface area (Å²) in [5.41, 5.74) is 1.84. The van der Waals surface area contributed by atoms with E-state index in [4.69, 9.17) is 14.2 Å². The number of hydrogen-bond donors (Lipinski definition) is 1. The van der Waals surface area contributed by atoms with E-state index in [9.17, 15) is 9.59 Å². The Morgan fingerprint density at radius 2 is 1.79 bits per heavy atom. The van der Waals surface area contributed by atoms with Gasteiger partial charge >= 0.3 is 0 Å². The molecule has 144 valence electrons. The van der Waals surface area contributed by atoms with E-state index in [0.717, 1.165) is 10.6 Å². The van der Waals surface area contributed by atoms with Crippen molar-refractivity contribution in [2.24, 2.45) is 0 Å². The lowest BCUT2D eigenvalue weighted by atomic mass is 9.98. The van der Waals surface area contributed by atoms with Crippen LogP contribution in [0.25, 0.3) is 10.6 Å². The van der Waals surface area contributed by atoms with Crippen LogP contribution in [0.2, 0.25) is 0 Å². The number of nitrogens with zero attached hydrogens (tertiary/aromatic N) is 1. The number of ether oxygens (including phenoxy) is 3. The van der Waals surface area contributed by atoms with Gasteiger partial charge < -0.3 is 19.5 Å². The summed E-state index contributed by atoms with van der Waals surface area (Å²) in [5.74, 6) is 0.823. The van der Waals surface area contributed by atoms with Gasteiger partial charge in [0, 0.05) is 28.3 Å². The second-order valence-electron chi connectivity index (χ2n) is 5.60. The number of aromatic nitrogens is 1. The maximum atomic E-state index is 13.3. The van der Waals surface area contributed by atoms with Crippen molar-refractivity contribution >= 4 is 29.2 Å². The predicted octanol–water partition coefficient (Wildman–Crippen LogP) is 3.64. The van der Waals surface area contributed by atoms with Crippen molar-refractivity contribution in [1.82, 2.24) is 4.98 Å². The van der Waals surface area contributed by atoms with Crippen LogP contribution in [0.3, 0.4) is 0 Å². The number of nitrogens with one attached hydrogen (secondary N) is 1. The first-order chi connectivity index (χ1) is 13.6. The van der Waals surface area contributed by atoms with E-state index >= 15 is 0 Å². The summed E-state index contributed by atoms with van der Waals surface area (Å²) in [4.78, 5) is 28.5. The predicted molar refractivity (Wildman–Crippen MR) is 107 cm³/mol. The first-order valence-corrected chi connectivity index (χ1v) is 9.09. The molecule has 0 bridgehead atoms. The molecular formula is C20H18N2O5S. The van der Waals surface area contributed by atoms with Crippen molar-refractivity contribution in [3.8, 4) is 27.8 Å². The molecule has 0 aliphatic rings. The van der Waals surface area contributed by atoms with E-state index in [0.29, 0.717) is 40.5 Å². The van der Waals surface area contributed by atoms with Gasteiger partial charge in [-0.25, -0.2) is 4.98 Å². The van der Waals surface area contributed by atoms with Gasteiger partial charge in [0.05, 0.1) is 27.0 Å². The number of carbonyl (C=O) groups is 2. The number of hydrogen-bond acceptors (Lipinski definition) is 7. The van der Waals surface area contributed by atoms with E-state index in [-0.39, 0.29) is 5.78 Å². The second kappa shape index (κ2) is 8.53. The summed E-state index contributed by atoms with van der Waals surface area (Å²) >= 11 is 1.46. The molecular weight excluding hydrogens is 380 g/mol. The van der Waals surface area contributed by atoms with Gasteiger partial charge in [-0.05, 0) is 30.3 Å². The molecule has 0 atom stereocenters. The Labute approximate surface area is 165 Å². The lowest BCUT2D eigenvalue weighted by Gasteiger charge is -2.15. The fraction of sp³-hybridized carbons (Fsp3) is 0.150. The van der Waals surface area contributed by atoms with Crippen LogP contribution >= 0.6 is 11.3 Å². The maximum Gasteiger partial charge on any atom is 0.211 e. The number of thiazole rings is 1. The molecule has 0 aliphatic carbocycles. The van der Waals surface area contributed by atoms with Crippen molar-refractivity contribution < 1.29 is 23.8 Å². The highest BCUT2D eigenvalue weighted by molar-refractivity contribution is 7.13. The molecule has 3 aromatic rings. The third-order valence-electron chi connectivity index (χ3n) is 4.08. The lowest BCUT2D eigenvalue weighted by molar-refractivity contribution is -0.105. The Balaban J connectivity index is 2.13. The van der Waals surface area contributed by atoms with Crippen molar-refractivity contribution in [1.29, 1.82) is 0 Å². The zero-order chi connectivity index (χ0) is 20.1. The molecule has 0 fully saturated rings. The topological polar surface area (TPSA) is 86.8 Å². The van der Waals surface area contributed by atoms with Crippen LogP contribution in [0, 0.1) is 0 Å². The van der Waals surface area contributed by atoms with Gasteiger partial charge in [0.1, 0.15) is 5.01 Å². The minimum atomic E-state index is -0.304. The van der Waals surface area contributed by atoms with Crippen LogP contribution in [-0.2, 0) is 4.79 Å². The summed E-state index contributed by atoms with van der Waals surface area (Å²) in [6.07, 6.45) is 2.22. The summed E-state index contributed by atoms with van der Waals surface area (Å²) in [6.45, 7) is 0. The highest BCUT2D eigenvalue weighted by Gasteiger charge is 2.21. The van der Waals surface area contributed by atoms with Gasteiger partial charge in [0.25, 0.3) is 0 Å². The van der Waals surface area contributed by atoms with E-state index in [2.05, 4.69) is 10.3 Å². The molecule has 1 aromatic heterocycles. The SMILES string of the molecule is COc1cc(C(=O)c2cc(-c3nccs3)ccc2NC=O)cc(OC)c1OC.